The quantitative estimate of drug-likeness (QED) is 0.827. The van der Waals surface area contributed by atoms with Gasteiger partial charge in [-0.3, -0.25) is 0 Å². The van der Waals surface area contributed by atoms with E-state index in [1.807, 2.05) is 0 Å². The maximum atomic E-state index is 13.6. The van der Waals surface area contributed by atoms with Crippen LogP contribution < -0.4 is 5.73 Å². The number of halogens is 4. The maximum absolute atomic E-state index is 13.6. The van der Waals surface area contributed by atoms with E-state index >= 15 is 0 Å². The number of rotatable bonds is 2. The van der Waals surface area contributed by atoms with Crippen molar-refractivity contribution >= 4 is 10.9 Å². The van der Waals surface area contributed by atoms with E-state index in [0.717, 1.165) is 10.6 Å². The van der Waals surface area contributed by atoms with Gasteiger partial charge in [0.05, 0.1) is 5.52 Å². The molecule has 0 atom stereocenters. The summed E-state index contributed by atoms with van der Waals surface area (Å²) in [6.07, 6.45) is -4.46. The predicted molar refractivity (Wildman–Crippen MR) is 60.6 cm³/mol. The van der Waals surface area contributed by atoms with E-state index in [9.17, 15) is 17.6 Å². The Bertz CT molecular complexity index is 584. The SMILES string of the molecule is Cn1c(C(F)(F)F)c(CCN)c2cccc(F)c21. The molecule has 1 aromatic heterocycles. The molecule has 0 bridgehead atoms. The van der Waals surface area contributed by atoms with Crippen LogP contribution in [0, 0.1) is 5.82 Å². The number of para-hydroxylation sites is 1. The molecule has 18 heavy (non-hydrogen) atoms. The molecule has 0 radical (unpaired) electrons. The predicted octanol–water partition coefficient (Wildman–Crippen LogP) is 2.84. The van der Waals surface area contributed by atoms with Crippen LogP contribution in [0.3, 0.4) is 0 Å². The van der Waals surface area contributed by atoms with Gasteiger partial charge in [-0.1, -0.05) is 12.1 Å². The normalized spacial score (nSPS) is 12.3. The minimum atomic E-state index is -4.52. The highest BCUT2D eigenvalue weighted by Crippen LogP contribution is 2.38. The summed E-state index contributed by atoms with van der Waals surface area (Å²) in [5, 5.41) is 0.273. The van der Waals surface area contributed by atoms with Gasteiger partial charge < -0.3 is 10.3 Å². The van der Waals surface area contributed by atoms with Gasteiger partial charge >= 0.3 is 6.18 Å². The molecule has 0 saturated heterocycles. The highest BCUT2D eigenvalue weighted by atomic mass is 19.4. The molecule has 0 aliphatic carbocycles. The molecular weight excluding hydrogens is 248 g/mol. The van der Waals surface area contributed by atoms with Gasteiger partial charge in [-0.25, -0.2) is 4.39 Å². The van der Waals surface area contributed by atoms with Gasteiger partial charge in [0.2, 0.25) is 0 Å². The number of nitrogens with zero attached hydrogens (tertiary/aromatic N) is 1. The second-order valence-corrected chi connectivity index (χ2v) is 4.06. The highest BCUT2D eigenvalue weighted by molar-refractivity contribution is 5.86. The number of aromatic nitrogens is 1. The summed E-state index contributed by atoms with van der Waals surface area (Å²) >= 11 is 0. The molecule has 98 valence electrons. The number of benzene rings is 1. The lowest BCUT2D eigenvalue weighted by molar-refractivity contribution is -0.143. The summed E-state index contributed by atoms with van der Waals surface area (Å²) in [4.78, 5) is 0. The molecule has 1 aromatic carbocycles. The van der Waals surface area contributed by atoms with Crippen molar-refractivity contribution < 1.29 is 17.6 Å². The van der Waals surface area contributed by atoms with Gasteiger partial charge in [-0.05, 0) is 24.6 Å². The average molecular weight is 260 g/mol. The third-order valence-corrected chi connectivity index (χ3v) is 2.93. The third-order valence-electron chi connectivity index (χ3n) is 2.93. The molecule has 0 saturated carbocycles. The molecule has 0 aliphatic heterocycles. The van der Waals surface area contributed by atoms with Crippen molar-refractivity contribution in [2.75, 3.05) is 6.54 Å². The number of fused-ring (bicyclic) bond motifs is 1. The van der Waals surface area contributed by atoms with Gasteiger partial charge in [-0.2, -0.15) is 13.2 Å². The Morgan fingerprint density at radius 3 is 2.50 bits per heavy atom. The Balaban J connectivity index is 2.88. The number of aryl methyl sites for hydroxylation is 1. The zero-order valence-electron chi connectivity index (χ0n) is 9.68. The zero-order valence-corrected chi connectivity index (χ0v) is 9.68. The second kappa shape index (κ2) is 4.28. The Hall–Kier alpha value is -1.56. The maximum Gasteiger partial charge on any atom is 0.431 e. The van der Waals surface area contributed by atoms with Crippen LogP contribution >= 0.6 is 0 Å². The van der Waals surface area contributed by atoms with Crippen LogP contribution in [0.25, 0.3) is 10.9 Å². The van der Waals surface area contributed by atoms with Crippen molar-refractivity contribution in [2.45, 2.75) is 12.6 Å². The first kappa shape index (κ1) is 12.9. The van der Waals surface area contributed by atoms with Crippen LogP contribution in [0.1, 0.15) is 11.3 Å². The third kappa shape index (κ3) is 1.86. The van der Waals surface area contributed by atoms with Crippen molar-refractivity contribution in [3.8, 4) is 0 Å². The summed E-state index contributed by atoms with van der Waals surface area (Å²) in [5.41, 5.74) is 4.54. The van der Waals surface area contributed by atoms with Crippen molar-refractivity contribution in [2.24, 2.45) is 12.8 Å². The van der Waals surface area contributed by atoms with E-state index in [1.165, 1.54) is 19.2 Å². The van der Waals surface area contributed by atoms with Crippen molar-refractivity contribution in [3.05, 3.63) is 35.3 Å². The molecule has 6 heteroatoms. The average Bonchev–Trinajstić information content (AvgIpc) is 2.53. The summed E-state index contributed by atoms with van der Waals surface area (Å²) in [5.74, 6) is -0.663. The topological polar surface area (TPSA) is 30.9 Å². The molecule has 0 spiro atoms. The lowest BCUT2D eigenvalue weighted by Gasteiger charge is -2.11. The van der Waals surface area contributed by atoms with Crippen molar-refractivity contribution in [1.82, 2.24) is 4.57 Å². The van der Waals surface area contributed by atoms with Gasteiger partial charge in [0.25, 0.3) is 0 Å². The monoisotopic (exact) mass is 260 g/mol. The molecule has 0 unspecified atom stereocenters. The first-order chi connectivity index (χ1) is 8.38. The largest absolute Gasteiger partial charge is 0.431 e. The molecule has 0 amide bonds. The molecule has 2 aromatic rings. The second-order valence-electron chi connectivity index (χ2n) is 4.06. The van der Waals surface area contributed by atoms with Crippen LogP contribution in [0.5, 0.6) is 0 Å². The van der Waals surface area contributed by atoms with Crippen LogP contribution in [-0.4, -0.2) is 11.1 Å². The van der Waals surface area contributed by atoms with Gasteiger partial charge in [0, 0.05) is 12.4 Å². The van der Waals surface area contributed by atoms with E-state index < -0.39 is 17.7 Å². The molecule has 2 nitrogen and oxygen atoms in total. The first-order valence-electron chi connectivity index (χ1n) is 5.41. The standard InChI is InChI=1S/C12H12F4N2/c1-18-10-7(3-2-4-9(10)13)8(5-6-17)11(18)12(14,15)16/h2-4H,5-6,17H2,1H3. The number of hydrogen-bond donors (Lipinski definition) is 1. The Labute approximate surface area is 101 Å². The van der Waals surface area contributed by atoms with Gasteiger partial charge in [0.15, 0.2) is 0 Å². The van der Waals surface area contributed by atoms with E-state index in [0.29, 0.717) is 0 Å². The Morgan fingerprint density at radius 1 is 1.28 bits per heavy atom. The van der Waals surface area contributed by atoms with Gasteiger partial charge in [0.1, 0.15) is 11.5 Å². The fourth-order valence-electron chi connectivity index (χ4n) is 2.30. The summed E-state index contributed by atoms with van der Waals surface area (Å²) in [7, 11) is 1.22. The van der Waals surface area contributed by atoms with Crippen molar-refractivity contribution in [1.29, 1.82) is 0 Å². The van der Waals surface area contributed by atoms with E-state index in [4.69, 9.17) is 5.73 Å². The minimum Gasteiger partial charge on any atom is -0.337 e. The van der Waals surface area contributed by atoms with Crippen molar-refractivity contribution in [3.63, 3.8) is 0 Å². The summed E-state index contributed by atoms with van der Waals surface area (Å²) in [6.45, 7) is 0.0821. The molecule has 2 N–H and O–H groups in total. The fraction of sp³-hybridized carbons (Fsp3) is 0.333. The Morgan fingerprint density at radius 2 is 1.94 bits per heavy atom. The van der Waals surface area contributed by atoms with Crippen LogP contribution in [-0.2, 0) is 19.6 Å². The van der Waals surface area contributed by atoms with Crippen LogP contribution in [0.15, 0.2) is 18.2 Å². The first-order valence-corrected chi connectivity index (χ1v) is 5.41. The number of nitrogens with two attached hydrogens (primary N) is 1. The lowest BCUT2D eigenvalue weighted by Crippen LogP contribution is -2.15. The molecular formula is C12H12F4N2. The van der Waals surface area contributed by atoms with E-state index in [-0.39, 0.29) is 29.4 Å². The number of hydrogen-bond acceptors (Lipinski definition) is 1. The fourth-order valence-corrected chi connectivity index (χ4v) is 2.30. The Kier molecular flexibility index (Phi) is 3.06. The smallest absolute Gasteiger partial charge is 0.337 e. The lowest BCUT2D eigenvalue weighted by atomic mass is 10.1. The zero-order chi connectivity index (χ0) is 13.5. The summed E-state index contributed by atoms with van der Waals surface area (Å²) < 4.78 is 53.6. The molecule has 2 rings (SSSR count). The molecule has 0 fully saturated rings. The number of alkyl halides is 3. The van der Waals surface area contributed by atoms with Crippen LogP contribution in [0.4, 0.5) is 17.6 Å². The highest BCUT2D eigenvalue weighted by Gasteiger charge is 2.38. The molecule has 0 aliphatic rings. The van der Waals surface area contributed by atoms with E-state index in [2.05, 4.69) is 0 Å². The molecule has 1 heterocycles. The van der Waals surface area contributed by atoms with Gasteiger partial charge in [-0.15, -0.1) is 0 Å². The minimum absolute atomic E-state index is 0.0340. The van der Waals surface area contributed by atoms with Crippen LogP contribution in [0.2, 0.25) is 0 Å². The van der Waals surface area contributed by atoms with E-state index in [1.54, 1.807) is 0 Å². The summed E-state index contributed by atoms with van der Waals surface area (Å²) in [6, 6.07) is 4.03.